The zero-order chi connectivity index (χ0) is 34.3. The number of imidazole rings is 1. The molecule has 11 rings (SSSR count). The van der Waals surface area contributed by atoms with Gasteiger partial charge in [-0.2, -0.15) is 5.26 Å². The Balaban J connectivity index is 1.13. The zero-order valence-electron chi connectivity index (χ0n) is 27.8. The maximum atomic E-state index is 9.31. The number of thiophene rings is 1. The topological polar surface area (TPSA) is 41.1 Å². The van der Waals surface area contributed by atoms with Crippen LogP contribution in [-0.4, -0.2) is 9.38 Å². The van der Waals surface area contributed by atoms with Gasteiger partial charge in [0.25, 0.3) is 0 Å². The summed E-state index contributed by atoms with van der Waals surface area (Å²) in [6, 6.07) is 60.8. The van der Waals surface area contributed by atoms with Crippen LogP contribution >= 0.6 is 11.3 Å². The first-order valence-electron chi connectivity index (χ1n) is 17.4. The lowest BCUT2D eigenvalue weighted by atomic mass is 9.91. The van der Waals surface area contributed by atoms with Crippen LogP contribution in [0.5, 0.6) is 0 Å². The van der Waals surface area contributed by atoms with Crippen molar-refractivity contribution in [3.05, 3.63) is 169 Å². The lowest BCUT2D eigenvalue weighted by molar-refractivity contribution is 1.25. The largest absolute Gasteiger partial charge is 0.291 e. The van der Waals surface area contributed by atoms with E-state index in [1.54, 1.807) is 0 Å². The molecule has 0 fully saturated rings. The van der Waals surface area contributed by atoms with Gasteiger partial charge in [-0.05, 0) is 91.1 Å². The van der Waals surface area contributed by atoms with Crippen molar-refractivity contribution >= 4 is 80.5 Å². The molecule has 3 heterocycles. The molecule has 0 aliphatic heterocycles. The Hall–Kier alpha value is -6.80. The van der Waals surface area contributed by atoms with E-state index in [0.717, 1.165) is 44.6 Å². The van der Waals surface area contributed by atoms with E-state index in [1.807, 2.05) is 35.6 Å². The van der Waals surface area contributed by atoms with Gasteiger partial charge in [0.2, 0.25) is 0 Å². The lowest BCUT2D eigenvalue weighted by Crippen LogP contribution is -1.93. The van der Waals surface area contributed by atoms with Crippen molar-refractivity contribution in [2.24, 2.45) is 0 Å². The average Bonchev–Trinajstić information content (AvgIpc) is 3.78. The zero-order valence-corrected chi connectivity index (χ0v) is 28.7. The van der Waals surface area contributed by atoms with Crippen LogP contribution in [0.25, 0.3) is 103 Å². The molecule has 3 nitrogen and oxygen atoms in total. The van der Waals surface area contributed by atoms with Crippen LogP contribution in [0.15, 0.2) is 164 Å². The summed E-state index contributed by atoms with van der Waals surface area (Å²) in [5.74, 6) is 0. The van der Waals surface area contributed by atoms with Crippen molar-refractivity contribution in [3.63, 3.8) is 0 Å². The molecule has 52 heavy (non-hydrogen) atoms. The normalized spacial score (nSPS) is 11.8. The molecule has 0 radical (unpaired) electrons. The minimum absolute atomic E-state index is 0.666. The fraction of sp³-hybridized carbons (Fsp3) is 0. The molecule has 0 aliphatic carbocycles. The molecule has 8 aromatic carbocycles. The highest BCUT2D eigenvalue weighted by molar-refractivity contribution is 7.26. The first-order chi connectivity index (χ1) is 25.7. The first kappa shape index (κ1) is 29.0. The Kier molecular flexibility index (Phi) is 6.19. The van der Waals surface area contributed by atoms with Crippen LogP contribution in [0, 0.1) is 11.3 Å². The van der Waals surface area contributed by atoms with E-state index < -0.39 is 0 Å². The molecule has 0 N–H and O–H groups in total. The number of pyridine rings is 1. The van der Waals surface area contributed by atoms with E-state index in [2.05, 4.69) is 150 Å². The van der Waals surface area contributed by atoms with Gasteiger partial charge in [0.05, 0.1) is 33.1 Å². The maximum absolute atomic E-state index is 9.31. The van der Waals surface area contributed by atoms with Crippen LogP contribution in [0.1, 0.15) is 5.56 Å². The Morgan fingerprint density at radius 3 is 1.79 bits per heavy atom. The molecule has 3 aromatic heterocycles. The third-order valence-corrected chi connectivity index (χ3v) is 11.8. The highest BCUT2D eigenvalue weighted by Crippen LogP contribution is 2.43. The van der Waals surface area contributed by atoms with E-state index in [0.29, 0.717) is 5.56 Å². The van der Waals surface area contributed by atoms with Crippen LogP contribution in [0.2, 0.25) is 0 Å². The van der Waals surface area contributed by atoms with Crippen LogP contribution in [0.4, 0.5) is 0 Å². The average molecular weight is 678 g/mol. The van der Waals surface area contributed by atoms with Gasteiger partial charge in [-0.3, -0.25) is 4.40 Å². The van der Waals surface area contributed by atoms with E-state index >= 15 is 0 Å². The number of hydrogen-bond donors (Lipinski definition) is 0. The number of benzene rings is 8. The Morgan fingerprint density at radius 2 is 1.10 bits per heavy atom. The van der Waals surface area contributed by atoms with E-state index in [-0.39, 0.29) is 0 Å². The molecule has 0 saturated carbocycles. The van der Waals surface area contributed by atoms with E-state index in [9.17, 15) is 5.26 Å². The summed E-state index contributed by atoms with van der Waals surface area (Å²) >= 11 is 1.84. The standard InChI is InChI=1S/C48H27N3S/c49-28-29-13-15-31(16-14-29)36-22-23-37(40-12-6-5-11-39(36)40)32-17-19-33(20-18-32)44-27-42-41-25-34-8-1-2-9-35(34)26-45(41)52-47(42)48-50-46-38-10-4-3-7-30(38)21-24-43(46)51(44)48/h1-27H. The predicted octanol–water partition coefficient (Wildman–Crippen LogP) is 13.2. The summed E-state index contributed by atoms with van der Waals surface area (Å²) in [5.41, 5.74) is 10.7. The third-order valence-electron chi connectivity index (χ3n) is 10.6. The molecule has 4 heteroatoms. The minimum atomic E-state index is 0.666. The number of fused-ring (bicyclic) bond motifs is 11. The van der Waals surface area contributed by atoms with Gasteiger partial charge >= 0.3 is 0 Å². The van der Waals surface area contributed by atoms with Crippen molar-refractivity contribution in [2.45, 2.75) is 0 Å². The summed E-state index contributed by atoms with van der Waals surface area (Å²) < 4.78 is 4.85. The van der Waals surface area contributed by atoms with Crippen LogP contribution < -0.4 is 0 Å². The summed E-state index contributed by atoms with van der Waals surface area (Å²) in [7, 11) is 0. The summed E-state index contributed by atoms with van der Waals surface area (Å²) in [5, 5.41) is 19.1. The molecular weight excluding hydrogens is 651 g/mol. The quantitative estimate of drug-likeness (QED) is 0.187. The maximum Gasteiger partial charge on any atom is 0.156 e. The molecule has 0 bridgehead atoms. The minimum Gasteiger partial charge on any atom is -0.291 e. The van der Waals surface area contributed by atoms with E-state index in [4.69, 9.17) is 4.98 Å². The molecule has 11 aromatic rings. The Labute approximate surface area is 302 Å². The van der Waals surface area contributed by atoms with Crippen LogP contribution in [-0.2, 0) is 0 Å². The van der Waals surface area contributed by atoms with Gasteiger partial charge in [0.15, 0.2) is 5.65 Å². The van der Waals surface area contributed by atoms with Crippen molar-refractivity contribution in [2.75, 3.05) is 0 Å². The second kappa shape index (κ2) is 11.1. The number of rotatable bonds is 3. The second-order valence-corrected chi connectivity index (χ2v) is 14.5. The fourth-order valence-corrected chi connectivity index (χ4v) is 9.27. The van der Waals surface area contributed by atoms with E-state index in [1.165, 1.54) is 58.1 Å². The van der Waals surface area contributed by atoms with Gasteiger partial charge in [-0.15, -0.1) is 11.3 Å². The van der Waals surface area contributed by atoms with Crippen molar-refractivity contribution in [1.29, 1.82) is 5.26 Å². The Morgan fingerprint density at radius 1 is 0.500 bits per heavy atom. The SMILES string of the molecule is N#Cc1ccc(-c2ccc(-c3ccc(-c4cc5c6cc7ccccc7cc6sc5c5nc6c7ccccc7ccc6n45)cc3)c3ccccc23)cc1. The highest BCUT2D eigenvalue weighted by atomic mass is 32.1. The molecule has 0 saturated heterocycles. The number of nitriles is 1. The smallest absolute Gasteiger partial charge is 0.156 e. The monoisotopic (exact) mass is 677 g/mol. The molecule has 0 aliphatic rings. The lowest BCUT2D eigenvalue weighted by Gasteiger charge is -2.13. The van der Waals surface area contributed by atoms with Gasteiger partial charge in [0, 0.05) is 20.9 Å². The summed E-state index contributed by atoms with van der Waals surface area (Å²) in [6.07, 6.45) is 0. The number of nitrogens with zero attached hydrogens (tertiary/aromatic N) is 3. The van der Waals surface area contributed by atoms with Gasteiger partial charge < -0.3 is 0 Å². The van der Waals surface area contributed by atoms with Gasteiger partial charge in [-0.1, -0.05) is 127 Å². The molecule has 0 atom stereocenters. The van der Waals surface area contributed by atoms with Crippen molar-refractivity contribution < 1.29 is 0 Å². The van der Waals surface area contributed by atoms with Crippen molar-refractivity contribution in [1.82, 2.24) is 9.38 Å². The third kappa shape index (κ3) is 4.27. The Bertz CT molecular complexity index is 3290. The highest BCUT2D eigenvalue weighted by Gasteiger charge is 2.19. The second-order valence-electron chi connectivity index (χ2n) is 13.5. The van der Waals surface area contributed by atoms with Gasteiger partial charge in [0.1, 0.15) is 0 Å². The predicted molar refractivity (Wildman–Crippen MR) is 219 cm³/mol. The number of hydrogen-bond acceptors (Lipinski definition) is 3. The fourth-order valence-electron chi connectivity index (χ4n) is 8.08. The molecule has 0 amide bonds. The van der Waals surface area contributed by atoms with Crippen LogP contribution in [0.3, 0.4) is 0 Å². The number of aromatic nitrogens is 2. The molecule has 0 unspecified atom stereocenters. The summed E-state index contributed by atoms with van der Waals surface area (Å²) in [4.78, 5) is 5.42. The molecule has 240 valence electrons. The summed E-state index contributed by atoms with van der Waals surface area (Å²) in [6.45, 7) is 0. The van der Waals surface area contributed by atoms with Crippen molar-refractivity contribution in [3.8, 4) is 39.6 Å². The van der Waals surface area contributed by atoms with Gasteiger partial charge in [-0.25, -0.2) is 4.98 Å². The molecular formula is C48H27N3S. The molecule has 0 spiro atoms. The first-order valence-corrected chi connectivity index (χ1v) is 18.2.